The molecule has 1 aromatic heterocycles. The van der Waals surface area contributed by atoms with Gasteiger partial charge in [0, 0.05) is 31.6 Å². The quantitative estimate of drug-likeness (QED) is 0.577. The van der Waals surface area contributed by atoms with Crippen LogP contribution in [0.25, 0.3) is 10.9 Å². The molecule has 106 valence electrons. The zero-order valence-corrected chi connectivity index (χ0v) is 15.0. The van der Waals surface area contributed by atoms with Gasteiger partial charge in [0.15, 0.2) is 0 Å². The minimum Gasteiger partial charge on any atom is -0.324 e. The molecule has 0 amide bonds. The molecular weight excluding hydrogens is 439 g/mol. The van der Waals surface area contributed by atoms with E-state index in [0.717, 1.165) is 33.1 Å². The van der Waals surface area contributed by atoms with Crippen LogP contribution >= 0.6 is 38.5 Å². The Morgan fingerprint density at radius 1 is 1.10 bits per heavy atom. The van der Waals surface area contributed by atoms with Gasteiger partial charge in [-0.3, -0.25) is 4.98 Å². The van der Waals surface area contributed by atoms with Crippen molar-refractivity contribution >= 4 is 49.4 Å². The summed E-state index contributed by atoms with van der Waals surface area (Å²) in [6.45, 7) is 0. The number of fused-ring (bicyclic) bond motifs is 1. The van der Waals surface area contributed by atoms with Crippen molar-refractivity contribution in [2.75, 3.05) is 0 Å². The van der Waals surface area contributed by atoms with Crippen molar-refractivity contribution in [2.24, 2.45) is 5.73 Å². The van der Waals surface area contributed by atoms with Crippen LogP contribution in [0.4, 0.5) is 0 Å². The number of nitrogens with zero attached hydrogens (tertiary/aromatic N) is 1. The molecule has 0 bridgehead atoms. The highest BCUT2D eigenvalue weighted by Gasteiger charge is 2.12. The lowest BCUT2D eigenvalue weighted by atomic mass is 10.0. The van der Waals surface area contributed by atoms with E-state index in [9.17, 15) is 0 Å². The fourth-order valence-corrected chi connectivity index (χ4v) is 3.41. The van der Waals surface area contributed by atoms with E-state index in [2.05, 4.69) is 68.9 Å². The summed E-state index contributed by atoms with van der Waals surface area (Å²) in [6.07, 6.45) is 0.726. The summed E-state index contributed by atoms with van der Waals surface area (Å²) >= 11 is 5.89. The summed E-state index contributed by atoms with van der Waals surface area (Å²) in [4.78, 5) is 4.70. The lowest BCUT2D eigenvalue weighted by Gasteiger charge is -2.14. The lowest BCUT2D eigenvalue weighted by Crippen LogP contribution is -2.15. The third kappa shape index (κ3) is 3.44. The first-order chi connectivity index (χ1) is 10.1. The van der Waals surface area contributed by atoms with Crippen molar-refractivity contribution in [3.05, 3.63) is 73.9 Å². The molecule has 1 heterocycles. The van der Waals surface area contributed by atoms with E-state index in [0.29, 0.717) is 0 Å². The van der Waals surface area contributed by atoms with Crippen LogP contribution in [-0.4, -0.2) is 4.98 Å². The second-order valence-corrected chi connectivity index (χ2v) is 7.07. The first-order valence-electron chi connectivity index (χ1n) is 6.69. The third-order valence-corrected chi connectivity index (χ3v) is 4.84. The molecule has 4 heteroatoms. The van der Waals surface area contributed by atoms with Crippen molar-refractivity contribution in [3.8, 4) is 0 Å². The normalized spacial score (nSPS) is 12.5. The topological polar surface area (TPSA) is 38.9 Å². The summed E-state index contributed by atoms with van der Waals surface area (Å²) in [5, 5.41) is 1.16. The molecule has 1 atom stereocenters. The van der Waals surface area contributed by atoms with E-state index in [1.165, 1.54) is 3.57 Å². The van der Waals surface area contributed by atoms with E-state index in [4.69, 9.17) is 10.7 Å². The van der Waals surface area contributed by atoms with Gasteiger partial charge in [0.25, 0.3) is 0 Å². The van der Waals surface area contributed by atoms with Gasteiger partial charge in [-0.1, -0.05) is 40.2 Å². The molecule has 3 aromatic rings. The molecule has 1 unspecified atom stereocenters. The Balaban J connectivity index is 1.88. The number of para-hydroxylation sites is 1. The first-order valence-corrected chi connectivity index (χ1v) is 8.56. The Hall–Kier alpha value is -0.980. The minimum absolute atomic E-state index is 0.0669. The Morgan fingerprint density at radius 3 is 2.76 bits per heavy atom. The van der Waals surface area contributed by atoms with E-state index in [1.807, 2.05) is 24.3 Å². The average molecular weight is 453 g/mol. The summed E-state index contributed by atoms with van der Waals surface area (Å²) in [7, 11) is 0. The SMILES string of the molecule is NC(Cc1ccc2ccccc2n1)c1cc(I)ccc1Br. The minimum atomic E-state index is -0.0669. The predicted octanol–water partition coefficient (Wildman–Crippen LogP) is 4.84. The fourth-order valence-electron chi connectivity index (χ4n) is 2.36. The number of pyridine rings is 1. The summed E-state index contributed by atoms with van der Waals surface area (Å²) in [5.41, 5.74) is 9.53. The van der Waals surface area contributed by atoms with Gasteiger partial charge in [-0.25, -0.2) is 0 Å². The molecule has 0 spiro atoms. The molecule has 2 nitrogen and oxygen atoms in total. The number of nitrogens with two attached hydrogens (primary N) is 1. The second kappa shape index (κ2) is 6.42. The van der Waals surface area contributed by atoms with Gasteiger partial charge in [-0.05, 0) is 58.5 Å². The number of hydrogen-bond acceptors (Lipinski definition) is 2. The highest BCUT2D eigenvalue weighted by molar-refractivity contribution is 14.1. The largest absolute Gasteiger partial charge is 0.324 e. The smallest absolute Gasteiger partial charge is 0.0705 e. The molecule has 2 N–H and O–H groups in total. The maximum Gasteiger partial charge on any atom is 0.0705 e. The molecule has 0 aliphatic rings. The number of rotatable bonds is 3. The highest BCUT2D eigenvalue weighted by Crippen LogP contribution is 2.26. The van der Waals surface area contributed by atoms with Crippen molar-refractivity contribution < 1.29 is 0 Å². The molecule has 0 aliphatic carbocycles. The fraction of sp³-hybridized carbons (Fsp3) is 0.118. The van der Waals surface area contributed by atoms with Gasteiger partial charge in [-0.15, -0.1) is 0 Å². The molecule has 0 fully saturated rings. The van der Waals surface area contributed by atoms with Crippen LogP contribution in [0.3, 0.4) is 0 Å². The number of benzene rings is 2. The van der Waals surface area contributed by atoms with E-state index >= 15 is 0 Å². The van der Waals surface area contributed by atoms with Gasteiger partial charge in [0.05, 0.1) is 5.52 Å². The Bertz CT molecular complexity index is 789. The lowest BCUT2D eigenvalue weighted by molar-refractivity contribution is 0.705. The molecule has 0 radical (unpaired) electrons. The molecular formula is C17H14BrIN2. The Kier molecular flexibility index (Phi) is 4.57. The maximum atomic E-state index is 6.37. The summed E-state index contributed by atoms with van der Waals surface area (Å²) in [6, 6.07) is 18.5. The number of hydrogen-bond donors (Lipinski definition) is 1. The van der Waals surface area contributed by atoms with Crippen molar-refractivity contribution in [1.82, 2.24) is 4.98 Å². The van der Waals surface area contributed by atoms with Crippen LogP contribution in [0.5, 0.6) is 0 Å². The Labute approximate surface area is 146 Å². The number of halogens is 2. The highest BCUT2D eigenvalue weighted by atomic mass is 127. The standard InChI is InChI=1S/C17H14BrIN2/c18-15-8-6-12(19)9-14(15)16(20)10-13-7-5-11-3-1-2-4-17(11)21-13/h1-9,16H,10,20H2. The van der Waals surface area contributed by atoms with Crippen LogP contribution in [0.15, 0.2) is 59.1 Å². The molecule has 0 saturated carbocycles. The first kappa shape index (κ1) is 14.9. The maximum absolute atomic E-state index is 6.37. The van der Waals surface area contributed by atoms with Gasteiger partial charge < -0.3 is 5.73 Å². The summed E-state index contributed by atoms with van der Waals surface area (Å²) < 4.78 is 2.24. The van der Waals surface area contributed by atoms with Crippen LogP contribution in [-0.2, 0) is 6.42 Å². The zero-order valence-electron chi connectivity index (χ0n) is 11.3. The number of aromatic nitrogens is 1. The van der Waals surface area contributed by atoms with E-state index in [-0.39, 0.29) is 6.04 Å². The third-order valence-electron chi connectivity index (χ3n) is 3.44. The zero-order chi connectivity index (χ0) is 14.8. The van der Waals surface area contributed by atoms with E-state index < -0.39 is 0 Å². The van der Waals surface area contributed by atoms with Crippen LogP contribution in [0, 0.1) is 3.57 Å². The van der Waals surface area contributed by atoms with Crippen LogP contribution < -0.4 is 5.73 Å². The van der Waals surface area contributed by atoms with Crippen LogP contribution in [0.1, 0.15) is 17.3 Å². The molecule has 21 heavy (non-hydrogen) atoms. The van der Waals surface area contributed by atoms with Gasteiger partial charge in [0.1, 0.15) is 0 Å². The molecule has 0 saturated heterocycles. The summed E-state index contributed by atoms with van der Waals surface area (Å²) in [5.74, 6) is 0. The van der Waals surface area contributed by atoms with Crippen molar-refractivity contribution in [3.63, 3.8) is 0 Å². The monoisotopic (exact) mass is 452 g/mol. The molecule has 3 rings (SSSR count). The van der Waals surface area contributed by atoms with Gasteiger partial charge in [-0.2, -0.15) is 0 Å². The molecule has 0 aliphatic heterocycles. The van der Waals surface area contributed by atoms with Gasteiger partial charge in [0.2, 0.25) is 0 Å². The predicted molar refractivity (Wildman–Crippen MR) is 99.2 cm³/mol. The van der Waals surface area contributed by atoms with Crippen LogP contribution in [0.2, 0.25) is 0 Å². The van der Waals surface area contributed by atoms with Crippen molar-refractivity contribution in [1.29, 1.82) is 0 Å². The van der Waals surface area contributed by atoms with Gasteiger partial charge >= 0.3 is 0 Å². The second-order valence-electron chi connectivity index (χ2n) is 4.97. The molecule has 2 aromatic carbocycles. The van der Waals surface area contributed by atoms with Crippen molar-refractivity contribution in [2.45, 2.75) is 12.5 Å². The Morgan fingerprint density at radius 2 is 1.90 bits per heavy atom. The van der Waals surface area contributed by atoms with E-state index in [1.54, 1.807) is 0 Å². The average Bonchev–Trinajstić information content (AvgIpc) is 2.49.